The van der Waals surface area contributed by atoms with Crippen molar-refractivity contribution >= 4 is 27.3 Å². The van der Waals surface area contributed by atoms with Crippen LogP contribution in [0.4, 0.5) is 0 Å². The Kier molecular flexibility index (Phi) is 3.60. The lowest BCUT2D eigenvalue weighted by Crippen LogP contribution is -2.49. The lowest BCUT2D eigenvalue weighted by molar-refractivity contribution is -0.0877. The fourth-order valence-electron chi connectivity index (χ4n) is 2.00. The number of aliphatic hydroxyl groups excluding tert-OH is 1. The third kappa shape index (κ3) is 2.05. The summed E-state index contributed by atoms with van der Waals surface area (Å²) in [5.74, 6) is 2.26. The van der Waals surface area contributed by atoms with Crippen molar-refractivity contribution in [2.45, 2.75) is 23.4 Å². The minimum absolute atomic E-state index is 0.857. The molecular weight excluding hydrogens is 299 g/mol. The summed E-state index contributed by atoms with van der Waals surface area (Å²) in [4.78, 5) is 11.9. The molecule has 5 atom stereocenters. The van der Waals surface area contributed by atoms with Crippen molar-refractivity contribution in [2.24, 2.45) is 5.11 Å². The predicted octanol–water partition coefficient (Wildman–Crippen LogP) is -0.0356. The van der Waals surface area contributed by atoms with Gasteiger partial charge in [-0.1, -0.05) is 5.11 Å². The van der Waals surface area contributed by atoms with Crippen LogP contribution in [0, 0.1) is 11.3 Å². The van der Waals surface area contributed by atoms with E-state index in [1.54, 1.807) is 0 Å². The second-order valence-electron chi connectivity index (χ2n) is 3.79. The van der Waals surface area contributed by atoms with E-state index in [4.69, 9.17) is 38.8 Å². The lowest BCUT2D eigenvalue weighted by atomic mass is 9.80. The summed E-state index contributed by atoms with van der Waals surface area (Å²) in [6, 6.07) is -1.41. The number of phosphoric ester groups is 1. The predicted molar refractivity (Wildman–Crippen MR) is 61.7 cm³/mol. The molecule has 0 bridgehead atoms. The number of fused-ring (bicyclic) bond motifs is 1. The molecule has 2 fully saturated rings. The summed E-state index contributed by atoms with van der Waals surface area (Å²) in [5.41, 5.74) is 4.57. The molecule has 2 saturated heterocycles. The average Bonchev–Trinajstić information content (AvgIpc) is 2.71. The number of rotatable bonds is 2. The van der Waals surface area contributed by atoms with E-state index in [2.05, 4.69) is 15.9 Å². The molecule has 2 rings (SSSR count). The third-order valence-corrected chi connectivity index (χ3v) is 3.85. The fraction of sp³-hybridized carbons (Fsp3) is 0.714. The van der Waals surface area contributed by atoms with Crippen LogP contribution >= 0.6 is 19.4 Å². The number of hydrogen-bond donors (Lipinski definition) is 2. The number of halogens is 1. The molecule has 2 N–H and O–H groups in total. The first-order valence-electron chi connectivity index (χ1n) is 4.81. The van der Waals surface area contributed by atoms with Crippen LogP contribution in [-0.2, 0) is 18.3 Å². The van der Waals surface area contributed by atoms with Gasteiger partial charge in [-0.25, -0.2) is 4.57 Å². The van der Waals surface area contributed by atoms with Crippen molar-refractivity contribution in [3.05, 3.63) is 10.4 Å². The van der Waals surface area contributed by atoms with Crippen molar-refractivity contribution in [2.75, 3.05) is 6.61 Å². The molecule has 2 aliphatic heterocycles. The average molecular weight is 305 g/mol. The normalized spacial score (nSPS) is 47.9. The Labute approximate surface area is 113 Å². The summed E-state index contributed by atoms with van der Waals surface area (Å²) in [7, 11) is 1.14. The summed E-state index contributed by atoms with van der Waals surface area (Å²) in [6.07, 6.45) is -1.50. The van der Waals surface area contributed by atoms with Crippen LogP contribution in [0.1, 0.15) is 0 Å². The van der Waals surface area contributed by atoms with Crippen LogP contribution in [0.3, 0.4) is 0 Å². The van der Waals surface area contributed by atoms with Gasteiger partial charge in [-0.2, -0.15) is 0 Å². The molecule has 0 aliphatic carbocycles. The molecule has 0 aromatic heterocycles. The smallest absolute Gasteiger partial charge is 0.393 e. The largest absolute Gasteiger partial charge is 0.474 e. The van der Waals surface area contributed by atoms with Gasteiger partial charge in [-0.05, 0) is 23.1 Å². The maximum Gasteiger partial charge on any atom is 0.474 e. The van der Waals surface area contributed by atoms with Gasteiger partial charge in [0.2, 0.25) is 0 Å². The third-order valence-electron chi connectivity index (χ3n) is 2.74. The zero-order valence-corrected chi connectivity index (χ0v) is 10.8. The number of ether oxygens (including phenoxy) is 1. The molecule has 2 radical (unpaired) electrons. The van der Waals surface area contributed by atoms with E-state index in [0.29, 0.717) is 0 Å². The summed E-state index contributed by atoms with van der Waals surface area (Å²) >= 11 is 5.27. The quantitative estimate of drug-likeness (QED) is 0.184. The van der Waals surface area contributed by atoms with Crippen molar-refractivity contribution in [3.8, 4) is 11.3 Å². The monoisotopic (exact) mass is 305 g/mol. The van der Waals surface area contributed by atoms with Crippen LogP contribution < -0.4 is 0 Å². The van der Waals surface area contributed by atoms with Crippen LogP contribution in [0.5, 0.6) is 0 Å². The molecule has 0 spiro atoms. The zero-order chi connectivity index (χ0) is 14.3. The Morgan fingerprint density at radius 2 is 2.37 bits per heavy atom. The number of azide groups is 1. The Hall–Kier alpha value is -0.745. The SMILES string of the molecule is [B][C@@H]1O[C@@](CO)(N=[N+]=[N-])C2OP(=O)(O)O[C@]21C#CCl. The van der Waals surface area contributed by atoms with Crippen LogP contribution in [-0.4, -0.2) is 47.9 Å². The first-order valence-corrected chi connectivity index (χ1v) is 6.68. The van der Waals surface area contributed by atoms with Gasteiger partial charge < -0.3 is 14.7 Å². The van der Waals surface area contributed by atoms with E-state index >= 15 is 0 Å². The first kappa shape index (κ1) is 14.7. The van der Waals surface area contributed by atoms with Crippen molar-refractivity contribution in [1.29, 1.82) is 0 Å². The molecule has 100 valence electrons. The highest BCUT2D eigenvalue weighted by molar-refractivity contribution is 7.47. The van der Waals surface area contributed by atoms with E-state index in [0.717, 1.165) is 0 Å². The topological polar surface area (TPSA) is 134 Å². The summed E-state index contributed by atoms with van der Waals surface area (Å²) in [5, 5.41) is 14.5. The van der Waals surface area contributed by atoms with Gasteiger partial charge in [0.05, 0.1) is 12.6 Å². The minimum Gasteiger partial charge on any atom is -0.393 e. The highest BCUT2D eigenvalue weighted by Crippen LogP contribution is 2.63. The Morgan fingerprint density at radius 1 is 1.68 bits per heavy atom. The minimum atomic E-state index is -4.49. The maximum atomic E-state index is 11.5. The van der Waals surface area contributed by atoms with Crippen LogP contribution in [0.25, 0.3) is 10.4 Å². The highest BCUT2D eigenvalue weighted by Gasteiger charge is 2.71. The number of phosphoric acid groups is 1. The summed E-state index contributed by atoms with van der Waals surface area (Å²) < 4.78 is 26.2. The molecule has 2 aliphatic rings. The van der Waals surface area contributed by atoms with Crippen LogP contribution in [0.2, 0.25) is 0 Å². The van der Waals surface area contributed by atoms with Crippen molar-refractivity contribution < 1.29 is 28.3 Å². The van der Waals surface area contributed by atoms with Gasteiger partial charge in [-0.15, -0.1) is 0 Å². The molecular formula is C7H6BClN3O6P. The zero-order valence-electron chi connectivity index (χ0n) is 9.13. The molecule has 0 amide bonds. The number of aliphatic hydroxyl groups is 1. The van der Waals surface area contributed by atoms with Gasteiger partial charge in [0.1, 0.15) is 14.0 Å². The molecule has 0 saturated carbocycles. The van der Waals surface area contributed by atoms with Crippen molar-refractivity contribution in [1.82, 2.24) is 0 Å². The standard InChI is InChI=1S/C7H6BClN3O6P/c8-5-6(1-2-9)4(17-19(14,15)18-6)7(3-13,16-5)11-12-10/h4-5,13H,3H2,(H,14,15)/t4?,5-,6-,7-/m1/s1. The molecule has 9 nitrogen and oxygen atoms in total. The molecule has 12 heteroatoms. The Morgan fingerprint density at radius 3 is 2.89 bits per heavy atom. The second kappa shape index (κ2) is 4.67. The van der Waals surface area contributed by atoms with Crippen molar-refractivity contribution in [3.63, 3.8) is 0 Å². The molecule has 0 aromatic rings. The fourth-order valence-corrected chi connectivity index (χ4v) is 3.40. The first-order chi connectivity index (χ1) is 8.86. The molecule has 2 heterocycles. The van der Waals surface area contributed by atoms with E-state index < -0.39 is 37.9 Å². The Bertz CT molecular complexity index is 561. The van der Waals surface area contributed by atoms with E-state index in [1.165, 1.54) is 0 Å². The maximum absolute atomic E-state index is 11.5. The Balaban J connectivity index is 2.60. The van der Waals surface area contributed by atoms with Crippen LogP contribution in [0.15, 0.2) is 5.11 Å². The van der Waals surface area contributed by atoms with E-state index in [9.17, 15) is 14.6 Å². The van der Waals surface area contributed by atoms with Gasteiger partial charge in [0.15, 0.2) is 11.3 Å². The molecule has 0 aromatic carbocycles. The van der Waals surface area contributed by atoms with E-state index in [-0.39, 0.29) is 0 Å². The van der Waals surface area contributed by atoms with Gasteiger partial charge >= 0.3 is 7.82 Å². The van der Waals surface area contributed by atoms with Gasteiger partial charge in [0, 0.05) is 10.3 Å². The van der Waals surface area contributed by atoms with Gasteiger partial charge in [0.25, 0.3) is 0 Å². The number of hydrogen-bond acceptors (Lipinski definition) is 6. The number of nitrogens with zero attached hydrogens (tertiary/aromatic N) is 3. The lowest BCUT2D eigenvalue weighted by Gasteiger charge is -2.25. The highest BCUT2D eigenvalue weighted by atomic mass is 35.5. The molecule has 2 unspecified atom stereocenters. The summed E-state index contributed by atoms with van der Waals surface area (Å²) in [6.45, 7) is -0.857. The molecule has 19 heavy (non-hydrogen) atoms. The van der Waals surface area contributed by atoms with E-state index in [1.807, 2.05) is 5.38 Å². The van der Waals surface area contributed by atoms with Gasteiger partial charge in [-0.3, -0.25) is 9.05 Å². The second-order valence-corrected chi connectivity index (χ2v) is 5.31.